The van der Waals surface area contributed by atoms with Gasteiger partial charge in [0.25, 0.3) is 0 Å². The summed E-state index contributed by atoms with van der Waals surface area (Å²) in [7, 11) is 0. The van der Waals surface area contributed by atoms with Gasteiger partial charge in [0.1, 0.15) is 5.76 Å². The molecule has 2 fully saturated rings. The van der Waals surface area contributed by atoms with E-state index in [1.807, 2.05) is 42.2 Å². The van der Waals surface area contributed by atoms with Crippen molar-refractivity contribution in [3.8, 4) is 0 Å². The first-order valence-corrected chi connectivity index (χ1v) is 11.2. The highest BCUT2D eigenvalue weighted by Crippen LogP contribution is 2.25. The van der Waals surface area contributed by atoms with E-state index in [2.05, 4.69) is 10.6 Å². The number of anilines is 1. The largest absolute Gasteiger partial charge is 0.467 e. The van der Waals surface area contributed by atoms with Gasteiger partial charge in [0.2, 0.25) is 11.8 Å². The number of likely N-dealkylation sites (tertiary alicyclic amines) is 2. The molecule has 4 rings (SSSR count). The van der Waals surface area contributed by atoms with Crippen molar-refractivity contribution in [3.05, 3.63) is 54.0 Å². The molecule has 2 aromatic rings. The number of hydrogen-bond donors (Lipinski definition) is 2. The molecule has 2 N–H and O–H groups in total. The van der Waals surface area contributed by atoms with Gasteiger partial charge in [-0.1, -0.05) is 17.7 Å². The van der Waals surface area contributed by atoms with E-state index >= 15 is 0 Å². The van der Waals surface area contributed by atoms with E-state index in [1.54, 1.807) is 17.2 Å². The van der Waals surface area contributed by atoms with Crippen LogP contribution in [0.25, 0.3) is 0 Å². The predicted octanol–water partition coefficient (Wildman–Crippen LogP) is 3.00. The molecule has 0 spiro atoms. The Morgan fingerprint density at radius 2 is 1.97 bits per heavy atom. The van der Waals surface area contributed by atoms with E-state index in [4.69, 9.17) is 4.42 Å². The molecule has 2 aliphatic heterocycles. The van der Waals surface area contributed by atoms with Crippen LogP contribution in [0.1, 0.15) is 30.6 Å². The number of furan rings is 1. The first kappa shape index (κ1) is 21.9. The van der Waals surface area contributed by atoms with Gasteiger partial charge >= 0.3 is 6.03 Å². The first-order chi connectivity index (χ1) is 15.5. The van der Waals surface area contributed by atoms with Crippen LogP contribution in [0.3, 0.4) is 0 Å². The zero-order chi connectivity index (χ0) is 22.5. The van der Waals surface area contributed by atoms with Gasteiger partial charge < -0.3 is 24.9 Å². The maximum absolute atomic E-state index is 13.1. The third kappa shape index (κ3) is 5.49. The van der Waals surface area contributed by atoms with Crippen LogP contribution in [0.2, 0.25) is 0 Å². The smallest absolute Gasteiger partial charge is 0.319 e. The van der Waals surface area contributed by atoms with Crippen LogP contribution in [0.4, 0.5) is 10.5 Å². The number of nitrogens with zero attached hydrogens (tertiary/aromatic N) is 2. The molecule has 0 saturated carbocycles. The average Bonchev–Trinajstić information content (AvgIpc) is 3.44. The summed E-state index contributed by atoms with van der Waals surface area (Å²) in [4.78, 5) is 41.2. The zero-order valence-electron chi connectivity index (χ0n) is 18.4. The Balaban J connectivity index is 1.24. The van der Waals surface area contributed by atoms with Gasteiger partial charge in [-0.15, -0.1) is 0 Å². The lowest BCUT2D eigenvalue weighted by atomic mass is 9.96. The van der Waals surface area contributed by atoms with Crippen LogP contribution in [0.5, 0.6) is 0 Å². The van der Waals surface area contributed by atoms with Crippen molar-refractivity contribution in [3.63, 3.8) is 0 Å². The van der Waals surface area contributed by atoms with Gasteiger partial charge in [-0.25, -0.2) is 4.79 Å². The van der Waals surface area contributed by atoms with E-state index in [-0.39, 0.29) is 36.1 Å². The number of aryl methyl sites for hydroxylation is 1. The highest BCUT2D eigenvalue weighted by molar-refractivity contribution is 5.90. The first-order valence-electron chi connectivity index (χ1n) is 11.2. The molecule has 0 bridgehead atoms. The number of piperidine rings is 1. The number of nitrogens with one attached hydrogen (secondary N) is 2. The fourth-order valence-corrected chi connectivity index (χ4v) is 4.42. The highest BCUT2D eigenvalue weighted by atomic mass is 16.3. The number of hydrogen-bond acceptors (Lipinski definition) is 4. The molecule has 1 aromatic carbocycles. The van der Waals surface area contributed by atoms with Crippen LogP contribution < -0.4 is 10.6 Å². The number of benzene rings is 1. The molecule has 1 aromatic heterocycles. The topological polar surface area (TPSA) is 94.9 Å². The second kappa shape index (κ2) is 9.89. The Labute approximate surface area is 187 Å². The number of urea groups is 1. The number of carbonyl (C=O) groups is 3. The summed E-state index contributed by atoms with van der Waals surface area (Å²) < 4.78 is 5.33. The molecule has 2 aliphatic rings. The van der Waals surface area contributed by atoms with Gasteiger partial charge in [0.15, 0.2) is 0 Å². The van der Waals surface area contributed by atoms with Crippen molar-refractivity contribution >= 4 is 23.5 Å². The van der Waals surface area contributed by atoms with Gasteiger partial charge in [-0.3, -0.25) is 9.59 Å². The summed E-state index contributed by atoms with van der Waals surface area (Å²) >= 11 is 0. The van der Waals surface area contributed by atoms with E-state index < -0.39 is 0 Å². The highest BCUT2D eigenvalue weighted by Gasteiger charge is 2.38. The third-order valence-corrected chi connectivity index (χ3v) is 6.18. The molecule has 3 heterocycles. The molecule has 32 heavy (non-hydrogen) atoms. The standard InChI is InChI=1S/C24H30N4O4/c1-17-6-8-20(9-7-17)26-24(31)25-13-18-4-2-10-27(14-18)23(30)19-12-22(29)28(15-19)16-21-5-3-11-32-21/h3,5-9,11,18-19H,2,4,10,12-16H2,1H3,(H2,25,26,31)/t18-,19+/m1/s1. The molecular weight excluding hydrogens is 408 g/mol. The van der Waals surface area contributed by atoms with Crippen LogP contribution in [-0.4, -0.2) is 53.8 Å². The van der Waals surface area contributed by atoms with Crippen LogP contribution in [-0.2, 0) is 16.1 Å². The second-order valence-electron chi connectivity index (χ2n) is 8.75. The van der Waals surface area contributed by atoms with E-state index in [1.165, 1.54) is 0 Å². The van der Waals surface area contributed by atoms with Crippen molar-refractivity contribution < 1.29 is 18.8 Å². The van der Waals surface area contributed by atoms with Crippen molar-refractivity contribution in [2.45, 2.75) is 32.7 Å². The minimum absolute atomic E-state index is 0.0113. The molecule has 0 unspecified atom stereocenters. The van der Waals surface area contributed by atoms with Crippen molar-refractivity contribution in [1.29, 1.82) is 0 Å². The maximum Gasteiger partial charge on any atom is 0.319 e. The molecule has 8 heteroatoms. The van der Waals surface area contributed by atoms with Crippen molar-refractivity contribution in [2.24, 2.45) is 11.8 Å². The SMILES string of the molecule is Cc1ccc(NC(=O)NC[C@H]2CCCN(C(=O)[C@H]3CC(=O)N(Cc4ccco4)C3)C2)cc1. The molecule has 0 radical (unpaired) electrons. The summed E-state index contributed by atoms with van der Waals surface area (Å²) in [6, 6.07) is 11.0. The lowest BCUT2D eigenvalue weighted by molar-refractivity contribution is -0.137. The lowest BCUT2D eigenvalue weighted by Gasteiger charge is -2.34. The van der Waals surface area contributed by atoms with Crippen LogP contribution in [0.15, 0.2) is 47.1 Å². The number of rotatable bonds is 6. The van der Waals surface area contributed by atoms with E-state index in [0.29, 0.717) is 32.7 Å². The van der Waals surface area contributed by atoms with Gasteiger partial charge in [-0.05, 0) is 49.9 Å². The maximum atomic E-state index is 13.1. The van der Waals surface area contributed by atoms with Crippen LogP contribution >= 0.6 is 0 Å². The summed E-state index contributed by atoms with van der Waals surface area (Å²) in [5.41, 5.74) is 1.88. The van der Waals surface area contributed by atoms with E-state index in [9.17, 15) is 14.4 Å². The minimum atomic E-state index is -0.311. The summed E-state index contributed by atoms with van der Waals surface area (Å²) in [5.74, 6) is 0.637. The Hall–Kier alpha value is -3.29. The molecular formula is C24H30N4O4. The Bertz CT molecular complexity index is 941. The Morgan fingerprint density at radius 1 is 1.16 bits per heavy atom. The number of amides is 4. The summed E-state index contributed by atoms with van der Waals surface area (Å²) in [6.45, 7) is 4.64. The average molecular weight is 439 g/mol. The molecule has 2 saturated heterocycles. The third-order valence-electron chi connectivity index (χ3n) is 6.18. The Kier molecular flexibility index (Phi) is 6.78. The molecule has 8 nitrogen and oxygen atoms in total. The molecule has 2 atom stereocenters. The lowest BCUT2D eigenvalue weighted by Crippen LogP contribution is -2.46. The normalized spacial score (nSPS) is 21.0. The molecule has 0 aliphatic carbocycles. The molecule has 4 amide bonds. The molecule has 170 valence electrons. The quantitative estimate of drug-likeness (QED) is 0.725. The van der Waals surface area contributed by atoms with Gasteiger partial charge in [0, 0.05) is 38.3 Å². The van der Waals surface area contributed by atoms with Gasteiger partial charge in [0.05, 0.1) is 18.7 Å². The van der Waals surface area contributed by atoms with Crippen molar-refractivity contribution in [1.82, 2.24) is 15.1 Å². The van der Waals surface area contributed by atoms with Gasteiger partial charge in [-0.2, -0.15) is 0 Å². The predicted molar refractivity (Wildman–Crippen MR) is 120 cm³/mol. The van der Waals surface area contributed by atoms with Crippen LogP contribution in [0, 0.1) is 18.8 Å². The monoisotopic (exact) mass is 438 g/mol. The number of carbonyl (C=O) groups excluding carboxylic acids is 3. The van der Waals surface area contributed by atoms with Crippen molar-refractivity contribution in [2.75, 3.05) is 31.5 Å². The summed E-state index contributed by atoms with van der Waals surface area (Å²) in [5, 5.41) is 5.76. The second-order valence-corrected chi connectivity index (χ2v) is 8.75. The van der Waals surface area contributed by atoms with E-state index in [0.717, 1.165) is 29.9 Å². The fourth-order valence-electron chi connectivity index (χ4n) is 4.42. The minimum Gasteiger partial charge on any atom is -0.467 e. The zero-order valence-corrected chi connectivity index (χ0v) is 18.4. The fraction of sp³-hybridized carbons (Fsp3) is 0.458. The Morgan fingerprint density at radius 3 is 2.72 bits per heavy atom. The summed E-state index contributed by atoms with van der Waals surface area (Å²) in [6.07, 6.45) is 3.69.